The van der Waals surface area contributed by atoms with Crippen LogP contribution in [0.2, 0.25) is 0 Å². The van der Waals surface area contributed by atoms with Gasteiger partial charge in [0.25, 0.3) is 5.91 Å². The van der Waals surface area contributed by atoms with Crippen LogP contribution in [-0.4, -0.2) is 38.3 Å². The number of pyridine rings is 1. The molecule has 24 heavy (non-hydrogen) atoms. The Bertz CT molecular complexity index is 780. The van der Waals surface area contributed by atoms with E-state index in [0.29, 0.717) is 28.7 Å². The predicted molar refractivity (Wildman–Crippen MR) is 90.9 cm³/mol. The molecule has 2 heterocycles. The molecule has 130 valence electrons. The lowest BCUT2D eigenvalue weighted by atomic mass is 9.97. The largest absolute Gasteiger partial charge is 0.481 e. The highest BCUT2D eigenvalue weighted by Gasteiger charge is 2.22. The van der Waals surface area contributed by atoms with E-state index < -0.39 is 11.9 Å². The molecule has 0 saturated carbocycles. The monoisotopic (exact) mass is 332 g/mol. The highest BCUT2D eigenvalue weighted by Crippen LogP contribution is 2.21. The van der Waals surface area contributed by atoms with Gasteiger partial charge in [0.15, 0.2) is 5.65 Å². The number of carboxylic acid groups (broad SMARTS) is 1. The van der Waals surface area contributed by atoms with Crippen molar-refractivity contribution in [3.05, 3.63) is 23.0 Å². The summed E-state index contributed by atoms with van der Waals surface area (Å²) in [5.41, 5.74) is 2.57. The Hall–Kier alpha value is -2.44. The summed E-state index contributed by atoms with van der Waals surface area (Å²) in [4.78, 5) is 28.4. The summed E-state index contributed by atoms with van der Waals surface area (Å²) < 4.78 is 1.65. The number of hydrogen-bond acceptors (Lipinski definition) is 4. The second-order valence-electron chi connectivity index (χ2n) is 6.59. The fourth-order valence-corrected chi connectivity index (χ4v) is 2.90. The third-order valence-electron chi connectivity index (χ3n) is 3.96. The van der Waals surface area contributed by atoms with Gasteiger partial charge in [-0.1, -0.05) is 13.8 Å². The predicted octanol–water partition coefficient (Wildman–Crippen LogP) is 2.06. The van der Waals surface area contributed by atoms with Gasteiger partial charge in [-0.3, -0.25) is 14.3 Å². The van der Waals surface area contributed by atoms with Crippen LogP contribution in [0.15, 0.2) is 6.07 Å². The van der Waals surface area contributed by atoms with Crippen molar-refractivity contribution in [2.45, 2.75) is 34.1 Å². The molecule has 0 aliphatic heterocycles. The number of aryl methyl sites for hydroxylation is 3. The molecule has 2 rings (SSSR count). The van der Waals surface area contributed by atoms with Gasteiger partial charge in [-0.05, 0) is 32.3 Å². The van der Waals surface area contributed by atoms with Gasteiger partial charge in [0.05, 0.1) is 22.6 Å². The summed E-state index contributed by atoms with van der Waals surface area (Å²) in [5, 5.41) is 17.1. The summed E-state index contributed by atoms with van der Waals surface area (Å²) in [7, 11) is 1.78. The Morgan fingerprint density at radius 2 is 2.00 bits per heavy atom. The molecule has 0 aromatic carbocycles. The van der Waals surface area contributed by atoms with Crippen LogP contribution in [0.3, 0.4) is 0 Å². The lowest BCUT2D eigenvalue weighted by Gasteiger charge is -2.15. The van der Waals surface area contributed by atoms with Crippen LogP contribution >= 0.6 is 0 Å². The van der Waals surface area contributed by atoms with E-state index in [4.69, 9.17) is 0 Å². The minimum atomic E-state index is -0.891. The molecule has 0 radical (unpaired) electrons. The van der Waals surface area contributed by atoms with E-state index in [0.717, 1.165) is 5.69 Å². The van der Waals surface area contributed by atoms with Crippen LogP contribution < -0.4 is 5.32 Å². The van der Waals surface area contributed by atoms with Crippen LogP contribution in [0.4, 0.5) is 0 Å². The van der Waals surface area contributed by atoms with E-state index in [-0.39, 0.29) is 18.4 Å². The first-order valence-corrected chi connectivity index (χ1v) is 8.02. The van der Waals surface area contributed by atoms with Crippen molar-refractivity contribution in [3.8, 4) is 0 Å². The highest BCUT2D eigenvalue weighted by molar-refractivity contribution is 6.06. The molecular weight excluding hydrogens is 308 g/mol. The molecule has 0 spiro atoms. The Morgan fingerprint density at radius 3 is 2.58 bits per heavy atom. The van der Waals surface area contributed by atoms with Gasteiger partial charge in [0.1, 0.15) is 0 Å². The number of fused-ring (bicyclic) bond motifs is 1. The molecule has 1 atom stereocenters. The first-order valence-electron chi connectivity index (χ1n) is 8.02. The van der Waals surface area contributed by atoms with Gasteiger partial charge in [-0.15, -0.1) is 0 Å². The molecule has 0 bridgehead atoms. The molecule has 0 aliphatic carbocycles. The number of aromatic nitrogens is 3. The number of nitrogens with zero attached hydrogens (tertiary/aromatic N) is 3. The van der Waals surface area contributed by atoms with Crippen molar-refractivity contribution in [3.63, 3.8) is 0 Å². The van der Waals surface area contributed by atoms with Crippen LogP contribution in [0, 0.1) is 25.7 Å². The zero-order valence-corrected chi connectivity index (χ0v) is 14.8. The van der Waals surface area contributed by atoms with E-state index >= 15 is 0 Å². The van der Waals surface area contributed by atoms with Gasteiger partial charge in [0.2, 0.25) is 0 Å². The number of carbonyl (C=O) groups is 2. The average molecular weight is 332 g/mol. The topological polar surface area (TPSA) is 97.1 Å². The zero-order chi connectivity index (χ0) is 18.0. The summed E-state index contributed by atoms with van der Waals surface area (Å²) >= 11 is 0. The maximum atomic E-state index is 12.6. The van der Waals surface area contributed by atoms with Gasteiger partial charge in [-0.2, -0.15) is 5.10 Å². The summed E-state index contributed by atoms with van der Waals surface area (Å²) in [6.45, 7) is 7.68. The minimum Gasteiger partial charge on any atom is -0.481 e. The lowest BCUT2D eigenvalue weighted by molar-refractivity contribution is -0.142. The molecule has 0 saturated heterocycles. The van der Waals surface area contributed by atoms with Crippen molar-refractivity contribution in [2.75, 3.05) is 6.54 Å². The standard InChI is InChI=1S/C17H24N4O3/c1-9(2)6-12(17(23)24)8-18-16(22)13-7-10(3)19-15-14(13)11(4)20-21(15)5/h7,9,12H,6,8H2,1-5H3,(H,18,22)(H,23,24). The minimum absolute atomic E-state index is 0.106. The van der Waals surface area contributed by atoms with E-state index in [1.54, 1.807) is 17.8 Å². The van der Waals surface area contributed by atoms with Crippen molar-refractivity contribution >= 4 is 22.9 Å². The number of aliphatic carboxylic acids is 1. The van der Waals surface area contributed by atoms with E-state index in [1.807, 2.05) is 27.7 Å². The van der Waals surface area contributed by atoms with E-state index in [9.17, 15) is 14.7 Å². The molecular formula is C17H24N4O3. The third-order valence-corrected chi connectivity index (χ3v) is 3.96. The SMILES string of the molecule is Cc1cc(C(=O)NCC(CC(C)C)C(=O)O)c2c(C)nn(C)c2n1. The average Bonchev–Trinajstić information content (AvgIpc) is 2.76. The van der Waals surface area contributed by atoms with Gasteiger partial charge in [0, 0.05) is 19.3 Å². The number of rotatable bonds is 6. The number of nitrogens with one attached hydrogen (secondary N) is 1. The fourth-order valence-electron chi connectivity index (χ4n) is 2.90. The van der Waals surface area contributed by atoms with E-state index in [1.165, 1.54) is 0 Å². The quantitative estimate of drug-likeness (QED) is 0.844. The van der Waals surface area contributed by atoms with Gasteiger partial charge < -0.3 is 10.4 Å². The Kier molecular flexibility index (Phi) is 5.21. The van der Waals surface area contributed by atoms with Crippen molar-refractivity contribution in [2.24, 2.45) is 18.9 Å². The zero-order valence-electron chi connectivity index (χ0n) is 14.8. The maximum Gasteiger partial charge on any atom is 0.308 e. The molecule has 0 aliphatic rings. The van der Waals surface area contributed by atoms with Crippen molar-refractivity contribution in [1.29, 1.82) is 0 Å². The number of hydrogen-bond donors (Lipinski definition) is 2. The number of carbonyl (C=O) groups excluding carboxylic acids is 1. The number of carboxylic acids is 1. The van der Waals surface area contributed by atoms with Crippen LogP contribution in [-0.2, 0) is 11.8 Å². The molecule has 1 unspecified atom stereocenters. The first kappa shape index (κ1) is 17.9. The Balaban J connectivity index is 2.27. The molecule has 7 nitrogen and oxygen atoms in total. The molecule has 0 fully saturated rings. The summed E-state index contributed by atoms with van der Waals surface area (Å²) in [6, 6.07) is 1.71. The lowest BCUT2D eigenvalue weighted by Crippen LogP contribution is -2.33. The maximum absolute atomic E-state index is 12.6. The van der Waals surface area contributed by atoms with Crippen molar-refractivity contribution < 1.29 is 14.7 Å². The molecule has 2 aromatic heterocycles. The van der Waals surface area contributed by atoms with Crippen LogP contribution in [0.1, 0.15) is 42.0 Å². The smallest absolute Gasteiger partial charge is 0.308 e. The highest BCUT2D eigenvalue weighted by atomic mass is 16.4. The normalized spacial score (nSPS) is 12.6. The van der Waals surface area contributed by atoms with E-state index in [2.05, 4.69) is 15.4 Å². The second-order valence-corrected chi connectivity index (χ2v) is 6.59. The fraction of sp³-hybridized carbons (Fsp3) is 0.529. The first-order chi connectivity index (χ1) is 11.2. The molecule has 1 amide bonds. The summed E-state index contributed by atoms with van der Waals surface area (Å²) in [6.07, 6.45) is 0.520. The van der Waals surface area contributed by atoms with Crippen molar-refractivity contribution in [1.82, 2.24) is 20.1 Å². The third kappa shape index (κ3) is 3.72. The van der Waals surface area contributed by atoms with Crippen LogP contribution in [0.5, 0.6) is 0 Å². The summed E-state index contributed by atoms with van der Waals surface area (Å²) in [5.74, 6) is -1.53. The second kappa shape index (κ2) is 6.98. The van der Waals surface area contributed by atoms with Crippen LogP contribution in [0.25, 0.3) is 11.0 Å². The Morgan fingerprint density at radius 1 is 1.33 bits per heavy atom. The Labute approximate surface area is 141 Å². The number of amides is 1. The van der Waals surface area contributed by atoms with Gasteiger partial charge >= 0.3 is 5.97 Å². The molecule has 7 heteroatoms. The molecule has 2 aromatic rings. The molecule has 2 N–H and O–H groups in total. The van der Waals surface area contributed by atoms with Gasteiger partial charge in [-0.25, -0.2) is 4.98 Å².